The van der Waals surface area contributed by atoms with Gasteiger partial charge in [0.1, 0.15) is 0 Å². The van der Waals surface area contributed by atoms with Crippen molar-refractivity contribution in [2.75, 3.05) is 13.1 Å². The number of aromatic nitrogens is 1. The van der Waals surface area contributed by atoms with Crippen LogP contribution in [0.25, 0.3) is 0 Å². The Hall–Kier alpha value is -1.78. The summed E-state index contributed by atoms with van der Waals surface area (Å²) in [7, 11) is 0. The summed E-state index contributed by atoms with van der Waals surface area (Å²) in [6, 6.07) is 2.55. The molecule has 0 unspecified atom stereocenters. The number of aryl methyl sites for hydroxylation is 1. The normalized spacial score (nSPS) is 20.3. The van der Waals surface area contributed by atoms with Crippen LogP contribution in [0, 0.1) is 19.8 Å². The van der Waals surface area contributed by atoms with Crippen LogP contribution in [0.15, 0.2) is 6.07 Å². The summed E-state index contributed by atoms with van der Waals surface area (Å²) in [5, 5.41) is 9.10. The van der Waals surface area contributed by atoms with Crippen molar-refractivity contribution in [1.29, 1.82) is 0 Å². The molecule has 1 saturated carbocycles. The van der Waals surface area contributed by atoms with E-state index in [-0.39, 0.29) is 11.8 Å². The van der Waals surface area contributed by atoms with Crippen LogP contribution >= 0.6 is 0 Å². The van der Waals surface area contributed by atoms with E-state index >= 15 is 0 Å². The van der Waals surface area contributed by atoms with Crippen LogP contribution in [0.1, 0.15) is 72.7 Å². The van der Waals surface area contributed by atoms with Gasteiger partial charge >= 0.3 is 5.97 Å². The summed E-state index contributed by atoms with van der Waals surface area (Å²) in [5.74, 6) is -0.977. The minimum atomic E-state index is -0.738. The minimum absolute atomic E-state index is 0.0639. The summed E-state index contributed by atoms with van der Waals surface area (Å²) in [4.78, 5) is 25.8. The van der Waals surface area contributed by atoms with Crippen LogP contribution in [0.4, 0.5) is 0 Å². The number of carbonyl (C=O) groups is 2. The first kappa shape index (κ1) is 17.1. The molecule has 132 valence electrons. The Bertz CT molecular complexity index is 621. The smallest absolute Gasteiger partial charge is 0.306 e. The Labute approximate surface area is 143 Å². The standard InChI is InChI=1S/C19H28N2O3/c1-13-12-17(14(2)21(13)16-6-4-3-5-7-16)18(22)20-10-8-15(9-11-20)19(23)24/h12,15-16H,3-11H2,1-2H3,(H,23,24). The lowest BCUT2D eigenvalue weighted by Gasteiger charge is -2.30. The van der Waals surface area contributed by atoms with Crippen molar-refractivity contribution < 1.29 is 14.7 Å². The molecule has 1 aromatic rings. The third-order valence-corrected chi connectivity index (χ3v) is 5.79. The van der Waals surface area contributed by atoms with Crippen molar-refractivity contribution in [2.45, 2.75) is 64.8 Å². The molecule has 1 N–H and O–H groups in total. The molecule has 0 atom stereocenters. The zero-order valence-electron chi connectivity index (χ0n) is 14.8. The fourth-order valence-electron chi connectivity index (χ4n) is 4.39. The molecule has 1 amide bonds. The van der Waals surface area contributed by atoms with Gasteiger partial charge in [0.05, 0.1) is 11.5 Å². The van der Waals surface area contributed by atoms with E-state index in [1.807, 2.05) is 11.0 Å². The lowest BCUT2D eigenvalue weighted by molar-refractivity contribution is -0.143. The van der Waals surface area contributed by atoms with Gasteiger partial charge < -0.3 is 14.6 Å². The lowest BCUT2D eigenvalue weighted by Crippen LogP contribution is -2.40. The molecule has 2 heterocycles. The number of carbonyl (C=O) groups excluding carboxylic acids is 1. The van der Waals surface area contributed by atoms with Crippen molar-refractivity contribution in [3.8, 4) is 0 Å². The number of nitrogens with zero attached hydrogens (tertiary/aromatic N) is 2. The lowest BCUT2D eigenvalue weighted by atomic mass is 9.95. The molecule has 0 bridgehead atoms. The van der Waals surface area contributed by atoms with Crippen LogP contribution in [-0.2, 0) is 4.79 Å². The first-order valence-corrected chi connectivity index (χ1v) is 9.19. The van der Waals surface area contributed by atoms with Gasteiger partial charge in [-0.1, -0.05) is 19.3 Å². The molecule has 0 aromatic carbocycles. The molecule has 2 fully saturated rings. The number of likely N-dealkylation sites (tertiary alicyclic amines) is 1. The fraction of sp³-hybridized carbons (Fsp3) is 0.684. The van der Waals surface area contributed by atoms with E-state index < -0.39 is 5.97 Å². The predicted molar refractivity (Wildman–Crippen MR) is 92.3 cm³/mol. The summed E-state index contributed by atoms with van der Waals surface area (Å²) >= 11 is 0. The third-order valence-electron chi connectivity index (χ3n) is 5.79. The fourth-order valence-corrected chi connectivity index (χ4v) is 4.39. The van der Waals surface area contributed by atoms with E-state index in [9.17, 15) is 9.59 Å². The first-order valence-electron chi connectivity index (χ1n) is 9.19. The largest absolute Gasteiger partial charge is 0.481 e. The summed E-state index contributed by atoms with van der Waals surface area (Å²) in [6.45, 7) is 5.24. The molecule has 5 nitrogen and oxygen atoms in total. The molecule has 5 heteroatoms. The number of amides is 1. The van der Waals surface area contributed by atoms with Crippen LogP contribution in [0.5, 0.6) is 0 Å². The average molecular weight is 332 g/mol. The maximum absolute atomic E-state index is 12.9. The molecule has 1 aliphatic carbocycles. The Morgan fingerprint density at radius 3 is 2.25 bits per heavy atom. The monoisotopic (exact) mass is 332 g/mol. The number of carboxylic acids is 1. The van der Waals surface area contributed by atoms with Gasteiger partial charge in [-0.2, -0.15) is 0 Å². The summed E-state index contributed by atoms with van der Waals surface area (Å²) < 4.78 is 2.36. The van der Waals surface area contributed by atoms with Gasteiger partial charge in [-0.25, -0.2) is 0 Å². The molecular formula is C19H28N2O3. The second-order valence-corrected chi connectivity index (χ2v) is 7.35. The third kappa shape index (κ3) is 3.21. The van der Waals surface area contributed by atoms with E-state index in [1.54, 1.807) is 0 Å². The molecule has 0 radical (unpaired) electrons. The summed E-state index contributed by atoms with van der Waals surface area (Å²) in [6.07, 6.45) is 7.38. The highest BCUT2D eigenvalue weighted by Crippen LogP contribution is 2.32. The molecule has 2 aliphatic rings. The number of carboxylic acid groups (broad SMARTS) is 1. The summed E-state index contributed by atoms with van der Waals surface area (Å²) in [5.41, 5.74) is 3.04. The van der Waals surface area contributed by atoms with E-state index in [0.717, 1.165) is 11.3 Å². The van der Waals surface area contributed by atoms with Gasteiger partial charge in [-0.15, -0.1) is 0 Å². The number of aliphatic carboxylic acids is 1. The Morgan fingerprint density at radius 1 is 1.04 bits per heavy atom. The first-order chi connectivity index (χ1) is 11.5. The van der Waals surface area contributed by atoms with E-state index in [4.69, 9.17) is 5.11 Å². The highest BCUT2D eigenvalue weighted by molar-refractivity contribution is 5.96. The molecule has 3 rings (SSSR count). The Morgan fingerprint density at radius 2 is 1.67 bits per heavy atom. The van der Waals surface area contributed by atoms with Crippen LogP contribution in [0.3, 0.4) is 0 Å². The van der Waals surface area contributed by atoms with Gasteiger partial charge in [-0.05, 0) is 45.6 Å². The number of piperidine rings is 1. The van der Waals surface area contributed by atoms with Crippen molar-refractivity contribution in [2.24, 2.45) is 5.92 Å². The van der Waals surface area contributed by atoms with Crippen LogP contribution < -0.4 is 0 Å². The van der Waals surface area contributed by atoms with Crippen molar-refractivity contribution in [3.63, 3.8) is 0 Å². The molecule has 0 spiro atoms. The SMILES string of the molecule is Cc1cc(C(=O)N2CCC(C(=O)O)CC2)c(C)n1C1CCCCC1. The van der Waals surface area contributed by atoms with Gasteiger partial charge in [0.15, 0.2) is 0 Å². The Kier molecular flexibility index (Phi) is 4.97. The molecule has 24 heavy (non-hydrogen) atoms. The van der Waals surface area contributed by atoms with Crippen molar-refractivity contribution in [1.82, 2.24) is 9.47 Å². The minimum Gasteiger partial charge on any atom is -0.481 e. The van der Waals surface area contributed by atoms with Gasteiger partial charge in [-0.3, -0.25) is 9.59 Å². The molecule has 1 aliphatic heterocycles. The Balaban J connectivity index is 1.75. The molecular weight excluding hydrogens is 304 g/mol. The second-order valence-electron chi connectivity index (χ2n) is 7.35. The molecule has 1 aromatic heterocycles. The van der Waals surface area contributed by atoms with Crippen molar-refractivity contribution in [3.05, 3.63) is 23.0 Å². The second kappa shape index (κ2) is 6.99. The van der Waals surface area contributed by atoms with Crippen LogP contribution in [0.2, 0.25) is 0 Å². The zero-order valence-corrected chi connectivity index (χ0v) is 14.8. The van der Waals surface area contributed by atoms with E-state index in [1.165, 1.54) is 37.8 Å². The van der Waals surface area contributed by atoms with Gasteiger partial charge in [0.25, 0.3) is 5.91 Å². The number of rotatable bonds is 3. The quantitative estimate of drug-likeness (QED) is 0.921. The highest BCUT2D eigenvalue weighted by atomic mass is 16.4. The van der Waals surface area contributed by atoms with Crippen LogP contribution in [-0.4, -0.2) is 39.5 Å². The predicted octanol–water partition coefficient (Wildman–Crippen LogP) is 3.55. The number of hydrogen-bond acceptors (Lipinski definition) is 2. The average Bonchev–Trinajstić information content (AvgIpc) is 2.89. The van der Waals surface area contributed by atoms with Gasteiger partial charge in [0.2, 0.25) is 0 Å². The maximum atomic E-state index is 12.9. The zero-order chi connectivity index (χ0) is 17.3. The van der Waals surface area contributed by atoms with Gasteiger partial charge in [0, 0.05) is 30.5 Å². The number of hydrogen-bond donors (Lipinski definition) is 1. The van der Waals surface area contributed by atoms with Crippen molar-refractivity contribution >= 4 is 11.9 Å². The highest BCUT2D eigenvalue weighted by Gasteiger charge is 2.30. The van der Waals surface area contributed by atoms with E-state index in [2.05, 4.69) is 18.4 Å². The van der Waals surface area contributed by atoms with E-state index in [0.29, 0.717) is 32.0 Å². The molecule has 1 saturated heterocycles. The maximum Gasteiger partial charge on any atom is 0.306 e. The topological polar surface area (TPSA) is 62.5 Å².